The Morgan fingerprint density at radius 3 is 2.58 bits per heavy atom. The van der Waals surface area contributed by atoms with Gasteiger partial charge in [0.25, 0.3) is 0 Å². The zero-order chi connectivity index (χ0) is 27.7. The number of ether oxygens (including phenoxy) is 1. The van der Waals surface area contributed by atoms with Gasteiger partial charge in [-0.1, -0.05) is 24.3 Å². The lowest BCUT2D eigenvalue weighted by Crippen LogP contribution is -2.32. The molecule has 10 nitrogen and oxygen atoms in total. The molecule has 1 aliphatic rings. The molecular weight excluding hydrogens is 505 g/mol. The van der Waals surface area contributed by atoms with Crippen molar-refractivity contribution in [3.05, 3.63) is 51.3 Å². The second-order valence-corrected chi connectivity index (χ2v) is 9.24. The minimum absolute atomic E-state index is 0.0455. The van der Waals surface area contributed by atoms with E-state index in [-0.39, 0.29) is 50.6 Å². The molecule has 1 aromatic heterocycles. The average Bonchev–Trinajstić information content (AvgIpc) is 3.33. The number of anilines is 2. The van der Waals surface area contributed by atoms with Gasteiger partial charge >= 0.3 is 17.8 Å². The summed E-state index contributed by atoms with van der Waals surface area (Å²) < 4.78 is 42.6. The highest BCUT2D eigenvalue weighted by molar-refractivity contribution is 5.78. The number of benzene rings is 1. The highest BCUT2D eigenvalue weighted by Gasteiger charge is 2.30. The molecule has 208 valence electrons. The third kappa shape index (κ3) is 8.82. The maximum absolute atomic E-state index is 12.5. The summed E-state index contributed by atoms with van der Waals surface area (Å²) in [5.74, 6) is -1.13. The van der Waals surface area contributed by atoms with E-state index in [2.05, 4.69) is 14.9 Å². The van der Waals surface area contributed by atoms with Crippen LogP contribution in [0.25, 0.3) is 0 Å². The molecule has 0 aliphatic carbocycles. The van der Waals surface area contributed by atoms with Crippen molar-refractivity contribution in [2.24, 2.45) is 0 Å². The van der Waals surface area contributed by atoms with Gasteiger partial charge in [0.1, 0.15) is 12.4 Å². The van der Waals surface area contributed by atoms with E-state index in [1.54, 1.807) is 6.92 Å². The summed E-state index contributed by atoms with van der Waals surface area (Å²) in [5.41, 5.74) is 7.21. The van der Waals surface area contributed by atoms with E-state index in [0.29, 0.717) is 0 Å². The quantitative estimate of drug-likeness (QED) is 0.171. The Morgan fingerprint density at radius 2 is 1.92 bits per heavy atom. The van der Waals surface area contributed by atoms with Crippen molar-refractivity contribution in [2.75, 3.05) is 36.9 Å². The van der Waals surface area contributed by atoms with Crippen LogP contribution < -0.4 is 10.6 Å². The van der Waals surface area contributed by atoms with Gasteiger partial charge in [-0.25, -0.2) is 9.97 Å². The van der Waals surface area contributed by atoms with Crippen molar-refractivity contribution in [2.45, 2.75) is 64.7 Å². The Labute approximate surface area is 219 Å². The first-order chi connectivity index (χ1) is 18.1. The molecule has 0 spiro atoms. The summed E-state index contributed by atoms with van der Waals surface area (Å²) in [4.78, 5) is 35.6. The molecule has 2 N–H and O–H groups in total. The predicted molar refractivity (Wildman–Crippen MR) is 135 cm³/mol. The predicted octanol–water partition coefficient (Wildman–Crippen LogP) is 4.41. The number of nitro groups is 1. The fraction of sp³-hybridized carbons (Fsp3) is 0.560. The molecule has 0 unspecified atom stereocenters. The molecule has 0 atom stereocenters. The number of nitrogen functional groups attached to an aromatic ring is 1. The number of esters is 1. The fourth-order valence-corrected chi connectivity index (χ4v) is 4.44. The Balaban J connectivity index is 1.90. The van der Waals surface area contributed by atoms with Crippen molar-refractivity contribution in [3.63, 3.8) is 0 Å². The van der Waals surface area contributed by atoms with Crippen LogP contribution in [0.2, 0.25) is 0 Å². The number of nitrogens with zero attached hydrogens (tertiary/aromatic N) is 5. The number of rotatable bonds is 13. The normalized spacial score (nSPS) is 14.0. The molecule has 3 rings (SSSR count). The number of likely N-dealkylation sites (tertiary alicyclic amines) is 1. The van der Waals surface area contributed by atoms with Crippen molar-refractivity contribution in [1.82, 2.24) is 14.9 Å². The van der Waals surface area contributed by atoms with Gasteiger partial charge in [-0.3, -0.25) is 19.8 Å². The molecular formula is C25H33F3N6O4. The molecule has 1 aromatic carbocycles. The highest BCUT2D eigenvalue weighted by Crippen LogP contribution is 2.32. The van der Waals surface area contributed by atoms with Crippen LogP contribution in [0.1, 0.15) is 56.0 Å². The molecule has 13 heteroatoms. The van der Waals surface area contributed by atoms with E-state index in [9.17, 15) is 28.1 Å². The van der Waals surface area contributed by atoms with Gasteiger partial charge in [0.2, 0.25) is 11.6 Å². The number of hydrogen-bond acceptors (Lipinski definition) is 9. The van der Waals surface area contributed by atoms with Crippen molar-refractivity contribution in [1.29, 1.82) is 0 Å². The summed E-state index contributed by atoms with van der Waals surface area (Å²) in [7, 11) is 0. The van der Waals surface area contributed by atoms with E-state index in [1.807, 2.05) is 24.3 Å². The lowest BCUT2D eigenvalue weighted by Gasteiger charge is -2.24. The number of carbonyl (C=O) groups excluding carboxylic acids is 1. The number of aryl methyl sites for hydroxylation is 1. The summed E-state index contributed by atoms with van der Waals surface area (Å²) in [6.45, 7) is 4.35. The standard InChI is InChI=1S/C25H33F3N6O4/c1-2-38-21(35)17-33(16-19-9-7-8-18(14-19)15-32-12-5-6-13-32)24-22(34(36)37)23(29)30-20(31-24)10-3-4-11-25(26,27)28/h7-9,14H,2-6,10-13,15-17H2,1H3,(H2,29,30,31). The third-order valence-corrected chi connectivity index (χ3v) is 6.13. The monoisotopic (exact) mass is 538 g/mol. The summed E-state index contributed by atoms with van der Waals surface area (Å²) in [6, 6.07) is 7.71. The van der Waals surface area contributed by atoms with Gasteiger partial charge < -0.3 is 15.4 Å². The summed E-state index contributed by atoms with van der Waals surface area (Å²) in [6.07, 6.45) is -2.90. The minimum Gasteiger partial charge on any atom is -0.465 e. The van der Waals surface area contributed by atoms with Crippen LogP contribution in [-0.2, 0) is 29.0 Å². The SMILES string of the molecule is CCOC(=O)CN(Cc1cccc(CN2CCCC2)c1)c1nc(CCCCC(F)(F)F)nc(N)c1[N+](=O)[O-]. The Hall–Kier alpha value is -3.48. The van der Waals surface area contributed by atoms with E-state index in [4.69, 9.17) is 10.5 Å². The molecule has 0 radical (unpaired) electrons. The van der Waals surface area contributed by atoms with Crippen LogP contribution in [0, 0.1) is 10.1 Å². The number of aromatic nitrogens is 2. The van der Waals surface area contributed by atoms with E-state index < -0.39 is 35.0 Å². The largest absolute Gasteiger partial charge is 0.465 e. The van der Waals surface area contributed by atoms with Gasteiger partial charge in [0, 0.05) is 25.9 Å². The average molecular weight is 539 g/mol. The second-order valence-electron chi connectivity index (χ2n) is 9.24. The van der Waals surface area contributed by atoms with Crippen molar-refractivity contribution >= 4 is 23.3 Å². The van der Waals surface area contributed by atoms with Crippen LogP contribution in [0.15, 0.2) is 24.3 Å². The number of unbranched alkanes of at least 4 members (excludes halogenated alkanes) is 1. The molecule has 1 saturated heterocycles. The smallest absolute Gasteiger partial charge is 0.389 e. The van der Waals surface area contributed by atoms with Crippen LogP contribution in [0.5, 0.6) is 0 Å². The van der Waals surface area contributed by atoms with Crippen LogP contribution in [0.3, 0.4) is 0 Å². The van der Waals surface area contributed by atoms with Gasteiger partial charge in [0.15, 0.2) is 0 Å². The van der Waals surface area contributed by atoms with Crippen LogP contribution in [0.4, 0.5) is 30.5 Å². The van der Waals surface area contributed by atoms with E-state index in [0.717, 1.165) is 43.6 Å². The van der Waals surface area contributed by atoms with Gasteiger partial charge in [0.05, 0.1) is 11.5 Å². The van der Waals surface area contributed by atoms with Crippen LogP contribution in [-0.4, -0.2) is 58.2 Å². The molecule has 0 saturated carbocycles. The topological polar surface area (TPSA) is 128 Å². The molecule has 0 amide bonds. The lowest BCUT2D eigenvalue weighted by molar-refractivity contribution is -0.383. The molecule has 0 bridgehead atoms. The Kier molecular flexibility index (Phi) is 10.2. The van der Waals surface area contributed by atoms with Gasteiger partial charge in [-0.15, -0.1) is 0 Å². The molecule has 1 fully saturated rings. The lowest BCUT2D eigenvalue weighted by atomic mass is 10.1. The molecule has 1 aliphatic heterocycles. The first-order valence-electron chi connectivity index (χ1n) is 12.6. The number of nitrogens with two attached hydrogens (primary N) is 1. The molecule has 2 heterocycles. The summed E-state index contributed by atoms with van der Waals surface area (Å²) in [5, 5.41) is 11.9. The Bertz CT molecular complexity index is 1110. The summed E-state index contributed by atoms with van der Waals surface area (Å²) >= 11 is 0. The number of halogens is 3. The number of carbonyl (C=O) groups is 1. The molecule has 38 heavy (non-hydrogen) atoms. The first-order valence-corrected chi connectivity index (χ1v) is 12.6. The minimum atomic E-state index is -4.28. The maximum atomic E-state index is 12.5. The zero-order valence-electron chi connectivity index (χ0n) is 21.4. The first kappa shape index (κ1) is 29.1. The van der Waals surface area contributed by atoms with Crippen molar-refractivity contribution in [3.8, 4) is 0 Å². The molecule has 2 aromatic rings. The highest BCUT2D eigenvalue weighted by atomic mass is 19.4. The van der Waals surface area contributed by atoms with Crippen LogP contribution >= 0.6 is 0 Å². The van der Waals surface area contributed by atoms with Gasteiger partial charge in [-0.05, 0) is 56.8 Å². The van der Waals surface area contributed by atoms with Crippen molar-refractivity contribution < 1.29 is 27.6 Å². The van der Waals surface area contributed by atoms with E-state index in [1.165, 1.54) is 4.90 Å². The Morgan fingerprint density at radius 1 is 1.21 bits per heavy atom. The zero-order valence-corrected chi connectivity index (χ0v) is 21.4. The fourth-order valence-electron chi connectivity index (χ4n) is 4.44. The van der Waals surface area contributed by atoms with Gasteiger partial charge in [-0.2, -0.15) is 13.2 Å². The third-order valence-electron chi connectivity index (χ3n) is 6.13. The number of hydrogen-bond donors (Lipinski definition) is 1. The number of alkyl halides is 3. The second kappa shape index (κ2) is 13.4. The maximum Gasteiger partial charge on any atom is 0.389 e. The van der Waals surface area contributed by atoms with E-state index >= 15 is 0 Å².